The Morgan fingerprint density at radius 3 is 2.76 bits per heavy atom. The van der Waals surface area contributed by atoms with Gasteiger partial charge >= 0.3 is 0 Å². The summed E-state index contributed by atoms with van der Waals surface area (Å²) in [6, 6.07) is 12.2. The number of methoxy groups -OCH3 is 1. The van der Waals surface area contributed by atoms with Crippen LogP contribution in [-0.4, -0.2) is 7.11 Å². The molecule has 3 nitrogen and oxygen atoms in total. The predicted molar refractivity (Wildman–Crippen MR) is 86.8 cm³/mol. The number of halogens is 1. The van der Waals surface area contributed by atoms with Crippen molar-refractivity contribution in [3.63, 3.8) is 0 Å². The van der Waals surface area contributed by atoms with Crippen molar-refractivity contribution in [3.05, 3.63) is 57.6 Å². The van der Waals surface area contributed by atoms with Gasteiger partial charge in [-0.3, -0.25) is 0 Å². The summed E-state index contributed by atoms with van der Waals surface area (Å²) in [6.45, 7) is 2.07. The van der Waals surface area contributed by atoms with Gasteiger partial charge in [-0.25, -0.2) is 0 Å². The maximum Gasteiger partial charge on any atom is 0.133 e. The number of hydrogen-bond acceptors (Lipinski definition) is 3. The predicted octanol–water partition coefficient (Wildman–Crippen LogP) is 4.29. The fourth-order valence-electron chi connectivity index (χ4n) is 2.71. The molecular weight excluding hydrogens is 330 g/mol. The van der Waals surface area contributed by atoms with Crippen LogP contribution in [0.25, 0.3) is 0 Å². The largest absolute Gasteiger partial charge is 0.496 e. The van der Waals surface area contributed by atoms with Gasteiger partial charge in [-0.1, -0.05) is 23.8 Å². The van der Waals surface area contributed by atoms with Crippen molar-refractivity contribution in [1.82, 2.24) is 0 Å². The summed E-state index contributed by atoms with van der Waals surface area (Å²) in [4.78, 5) is 0. The molecule has 21 heavy (non-hydrogen) atoms. The molecule has 4 heteroatoms. The topological polar surface area (TPSA) is 44.5 Å². The van der Waals surface area contributed by atoms with Crippen LogP contribution in [0.5, 0.6) is 11.5 Å². The first-order valence-corrected chi connectivity index (χ1v) is 7.74. The summed E-state index contributed by atoms with van der Waals surface area (Å²) in [5.74, 6) is 1.70. The van der Waals surface area contributed by atoms with Gasteiger partial charge in [0.2, 0.25) is 0 Å². The van der Waals surface area contributed by atoms with E-state index in [0.717, 1.165) is 33.5 Å². The third kappa shape index (κ3) is 2.78. The SMILES string of the molecule is COc1ccc(C2C[C@H](N)c3cc(C)ccc3O2)cc1Br. The third-order valence-electron chi connectivity index (χ3n) is 3.85. The van der Waals surface area contributed by atoms with Gasteiger partial charge in [-0.2, -0.15) is 0 Å². The van der Waals surface area contributed by atoms with Crippen molar-refractivity contribution in [3.8, 4) is 11.5 Å². The van der Waals surface area contributed by atoms with E-state index in [0.29, 0.717) is 0 Å². The van der Waals surface area contributed by atoms with Gasteiger partial charge in [0.15, 0.2) is 0 Å². The highest BCUT2D eigenvalue weighted by molar-refractivity contribution is 9.10. The Kier molecular flexibility index (Phi) is 3.91. The quantitative estimate of drug-likeness (QED) is 0.881. The molecule has 0 spiro atoms. The summed E-state index contributed by atoms with van der Waals surface area (Å²) in [7, 11) is 1.66. The third-order valence-corrected chi connectivity index (χ3v) is 4.47. The number of ether oxygens (including phenoxy) is 2. The Labute approximate surface area is 133 Å². The van der Waals surface area contributed by atoms with E-state index in [1.807, 2.05) is 24.3 Å². The minimum atomic E-state index is -0.0302. The molecule has 1 aliphatic rings. The Balaban J connectivity index is 1.92. The minimum absolute atomic E-state index is 0.000438. The normalized spacial score (nSPS) is 20.6. The molecule has 2 aromatic carbocycles. The molecule has 0 aromatic heterocycles. The highest BCUT2D eigenvalue weighted by Crippen LogP contribution is 2.41. The fraction of sp³-hybridized carbons (Fsp3) is 0.294. The second kappa shape index (κ2) is 5.70. The van der Waals surface area contributed by atoms with Gasteiger partial charge < -0.3 is 15.2 Å². The van der Waals surface area contributed by atoms with E-state index in [4.69, 9.17) is 15.2 Å². The number of rotatable bonds is 2. The number of fused-ring (bicyclic) bond motifs is 1. The first-order valence-electron chi connectivity index (χ1n) is 6.94. The van der Waals surface area contributed by atoms with Crippen LogP contribution in [0.3, 0.4) is 0 Å². The van der Waals surface area contributed by atoms with Crippen LogP contribution in [0.15, 0.2) is 40.9 Å². The van der Waals surface area contributed by atoms with Gasteiger partial charge in [0.05, 0.1) is 11.6 Å². The minimum Gasteiger partial charge on any atom is -0.496 e. The van der Waals surface area contributed by atoms with Crippen LogP contribution in [0.1, 0.15) is 35.3 Å². The molecule has 0 aliphatic carbocycles. The molecule has 2 aromatic rings. The lowest BCUT2D eigenvalue weighted by molar-refractivity contribution is 0.161. The molecule has 1 aliphatic heterocycles. The van der Waals surface area contributed by atoms with Crippen molar-refractivity contribution in [2.24, 2.45) is 5.73 Å². The lowest BCUT2D eigenvalue weighted by Crippen LogP contribution is -2.24. The number of aryl methyl sites for hydroxylation is 1. The highest BCUT2D eigenvalue weighted by Gasteiger charge is 2.27. The molecule has 0 fully saturated rings. The Hall–Kier alpha value is -1.52. The van der Waals surface area contributed by atoms with E-state index < -0.39 is 0 Å². The van der Waals surface area contributed by atoms with Crippen molar-refractivity contribution in [2.45, 2.75) is 25.5 Å². The van der Waals surface area contributed by atoms with Crippen LogP contribution < -0.4 is 15.2 Å². The average Bonchev–Trinajstić information content (AvgIpc) is 2.47. The maximum absolute atomic E-state index is 6.32. The van der Waals surface area contributed by atoms with Crippen LogP contribution >= 0.6 is 15.9 Å². The zero-order valence-corrected chi connectivity index (χ0v) is 13.7. The van der Waals surface area contributed by atoms with Crippen molar-refractivity contribution >= 4 is 15.9 Å². The second-order valence-electron chi connectivity index (χ2n) is 5.38. The zero-order valence-electron chi connectivity index (χ0n) is 12.1. The molecule has 1 unspecified atom stereocenters. The molecule has 2 N–H and O–H groups in total. The van der Waals surface area contributed by atoms with Crippen LogP contribution in [0.4, 0.5) is 0 Å². The van der Waals surface area contributed by atoms with Crippen LogP contribution in [0, 0.1) is 6.92 Å². The molecule has 0 radical (unpaired) electrons. The van der Waals surface area contributed by atoms with Crippen molar-refractivity contribution in [2.75, 3.05) is 7.11 Å². The fourth-order valence-corrected chi connectivity index (χ4v) is 3.27. The number of benzene rings is 2. The monoisotopic (exact) mass is 347 g/mol. The first kappa shape index (κ1) is 14.4. The standard InChI is InChI=1S/C17H18BrNO2/c1-10-3-5-15-12(7-10)14(19)9-17(21-15)11-4-6-16(20-2)13(18)8-11/h3-8,14,17H,9,19H2,1-2H3/t14-,17?/m0/s1. The first-order chi connectivity index (χ1) is 10.1. The van der Waals surface area contributed by atoms with E-state index in [9.17, 15) is 0 Å². The molecule has 110 valence electrons. The Bertz CT molecular complexity index is 672. The van der Waals surface area contributed by atoms with E-state index in [1.54, 1.807) is 7.11 Å². The molecule has 0 saturated carbocycles. The van der Waals surface area contributed by atoms with Gasteiger partial charge in [0.25, 0.3) is 0 Å². The molecule has 0 amide bonds. The lowest BCUT2D eigenvalue weighted by atomic mass is 9.92. The van der Waals surface area contributed by atoms with E-state index in [1.165, 1.54) is 5.56 Å². The van der Waals surface area contributed by atoms with Gasteiger partial charge in [0, 0.05) is 18.0 Å². The lowest BCUT2D eigenvalue weighted by Gasteiger charge is -2.31. The van der Waals surface area contributed by atoms with Crippen molar-refractivity contribution < 1.29 is 9.47 Å². The van der Waals surface area contributed by atoms with Gasteiger partial charge in [-0.15, -0.1) is 0 Å². The molecule has 0 bridgehead atoms. The molecule has 2 atom stereocenters. The molecule has 0 saturated heterocycles. The second-order valence-corrected chi connectivity index (χ2v) is 6.24. The van der Waals surface area contributed by atoms with Gasteiger partial charge in [0.1, 0.15) is 17.6 Å². The highest BCUT2D eigenvalue weighted by atomic mass is 79.9. The number of hydrogen-bond donors (Lipinski definition) is 1. The number of nitrogens with two attached hydrogens (primary N) is 1. The Morgan fingerprint density at radius 1 is 1.24 bits per heavy atom. The van der Waals surface area contributed by atoms with E-state index >= 15 is 0 Å². The summed E-state index contributed by atoms with van der Waals surface area (Å²) >= 11 is 3.52. The summed E-state index contributed by atoms with van der Waals surface area (Å²) in [5.41, 5.74) is 9.72. The van der Waals surface area contributed by atoms with Crippen molar-refractivity contribution in [1.29, 1.82) is 0 Å². The summed E-state index contributed by atoms with van der Waals surface area (Å²) < 4.78 is 12.3. The zero-order chi connectivity index (χ0) is 15.0. The smallest absolute Gasteiger partial charge is 0.133 e. The van der Waals surface area contributed by atoms with E-state index in [-0.39, 0.29) is 12.1 Å². The maximum atomic E-state index is 6.32. The molecule has 3 rings (SSSR count). The molecule has 1 heterocycles. The van der Waals surface area contributed by atoms with Gasteiger partial charge in [-0.05, 0) is 46.6 Å². The summed E-state index contributed by atoms with van der Waals surface area (Å²) in [6.07, 6.45) is 0.743. The Morgan fingerprint density at radius 2 is 2.05 bits per heavy atom. The van der Waals surface area contributed by atoms with E-state index in [2.05, 4.69) is 35.0 Å². The van der Waals surface area contributed by atoms with Crippen LogP contribution in [-0.2, 0) is 0 Å². The molecular formula is C17H18BrNO2. The summed E-state index contributed by atoms with van der Waals surface area (Å²) in [5, 5.41) is 0. The van der Waals surface area contributed by atoms with Crippen LogP contribution in [0.2, 0.25) is 0 Å². The average molecular weight is 348 g/mol.